The molecule has 0 aliphatic heterocycles. The van der Waals surface area contributed by atoms with Crippen LogP contribution in [0.5, 0.6) is 0 Å². The molecule has 142 valence electrons. The normalized spacial score (nSPS) is 22.0. The quantitative estimate of drug-likeness (QED) is 0.581. The van der Waals surface area contributed by atoms with Gasteiger partial charge in [-0.15, -0.1) is 11.3 Å². The third-order valence-electron chi connectivity index (χ3n) is 4.67. The van der Waals surface area contributed by atoms with Crippen molar-refractivity contribution in [2.75, 3.05) is 20.1 Å². The molecule has 0 bridgehead atoms. The molecule has 2 rings (SSSR count). The minimum absolute atomic E-state index is 0.187. The van der Waals surface area contributed by atoms with Gasteiger partial charge in [0.25, 0.3) is 0 Å². The van der Waals surface area contributed by atoms with Crippen molar-refractivity contribution in [1.82, 2.24) is 10.2 Å². The molecule has 1 heterocycles. The largest absolute Gasteiger partial charge is 0.357 e. The molecule has 1 aromatic heterocycles. The number of hydrogen-bond donors (Lipinski definition) is 2. The van der Waals surface area contributed by atoms with Crippen molar-refractivity contribution in [3.05, 3.63) is 17.0 Å². The van der Waals surface area contributed by atoms with Gasteiger partial charge in [0.2, 0.25) is 10.0 Å². The van der Waals surface area contributed by atoms with Gasteiger partial charge in [0.15, 0.2) is 5.96 Å². The molecule has 1 aliphatic rings. The van der Waals surface area contributed by atoms with E-state index in [0.29, 0.717) is 6.54 Å². The van der Waals surface area contributed by atoms with Crippen molar-refractivity contribution in [2.45, 2.75) is 50.3 Å². The average molecular weight is 387 g/mol. The molecule has 1 fully saturated rings. The summed E-state index contributed by atoms with van der Waals surface area (Å²) in [5.41, 5.74) is 0. The molecule has 0 aromatic carbocycles. The lowest BCUT2D eigenvalue weighted by Crippen LogP contribution is -2.41. The fraction of sp³-hybridized carbons (Fsp3) is 0.706. The lowest BCUT2D eigenvalue weighted by atomic mass is 9.83. The maximum atomic E-state index is 11.4. The molecule has 0 unspecified atom stereocenters. The Morgan fingerprint density at radius 2 is 2.04 bits per heavy atom. The monoisotopic (exact) mass is 386 g/mol. The van der Waals surface area contributed by atoms with E-state index in [1.165, 1.54) is 37.0 Å². The van der Waals surface area contributed by atoms with Gasteiger partial charge in [-0.25, -0.2) is 18.5 Å². The van der Waals surface area contributed by atoms with Crippen LogP contribution in [0.3, 0.4) is 0 Å². The Kier molecular flexibility index (Phi) is 7.27. The highest BCUT2D eigenvalue weighted by Crippen LogP contribution is 2.28. The SMILES string of the molecule is CCNC(=NCc1ccc(S(N)(=O)=O)s1)N(C)CC1CCC(C)CC1. The maximum absolute atomic E-state index is 11.4. The number of rotatable bonds is 6. The van der Waals surface area contributed by atoms with Crippen molar-refractivity contribution >= 4 is 27.3 Å². The first kappa shape index (κ1) is 20.2. The van der Waals surface area contributed by atoms with Crippen LogP contribution in [-0.2, 0) is 16.6 Å². The van der Waals surface area contributed by atoms with E-state index in [4.69, 9.17) is 5.14 Å². The summed E-state index contributed by atoms with van der Waals surface area (Å²) in [5.74, 6) is 2.45. The molecule has 1 saturated carbocycles. The van der Waals surface area contributed by atoms with Crippen molar-refractivity contribution in [3.8, 4) is 0 Å². The Bertz CT molecular complexity index is 677. The molecule has 0 spiro atoms. The molecule has 3 N–H and O–H groups in total. The van der Waals surface area contributed by atoms with E-state index in [2.05, 4.69) is 36.1 Å². The highest BCUT2D eigenvalue weighted by Gasteiger charge is 2.20. The van der Waals surface area contributed by atoms with Crippen LogP contribution >= 0.6 is 11.3 Å². The number of nitrogens with one attached hydrogen (secondary N) is 1. The second kappa shape index (κ2) is 9.00. The molecule has 0 saturated heterocycles. The smallest absolute Gasteiger partial charge is 0.247 e. The molecule has 1 aliphatic carbocycles. The van der Waals surface area contributed by atoms with Gasteiger partial charge in [0, 0.05) is 25.0 Å². The van der Waals surface area contributed by atoms with Gasteiger partial charge >= 0.3 is 0 Å². The van der Waals surface area contributed by atoms with E-state index in [-0.39, 0.29) is 4.21 Å². The minimum Gasteiger partial charge on any atom is -0.357 e. The van der Waals surface area contributed by atoms with Gasteiger partial charge in [0.1, 0.15) is 4.21 Å². The second-order valence-electron chi connectivity index (χ2n) is 6.94. The molecule has 25 heavy (non-hydrogen) atoms. The summed E-state index contributed by atoms with van der Waals surface area (Å²) in [5, 5.41) is 8.49. The molecular formula is C17H30N4O2S2. The van der Waals surface area contributed by atoms with Crippen LogP contribution in [0.2, 0.25) is 0 Å². The average Bonchev–Trinajstić information content (AvgIpc) is 3.02. The van der Waals surface area contributed by atoms with E-state index in [1.54, 1.807) is 12.1 Å². The van der Waals surface area contributed by atoms with Gasteiger partial charge < -0.3 is 10.2 Å². The molecule has 1 aromatic rings. The number of nitrogens with zero attached hydrogens (tertiary/aromatic N) is 2. The van der Waals surface area contributed by atoms with Crippen molar-refractivity contribution in [2.24, 2.45) is 22.0 Å². The Morgan fingerprint density at radius 3 is 2.60 bits per heavy atom. The van der Waals surface area contributed by atoms with Crippen LogP contribution in [0, 0.1) is 11.8 Å². The second-order valence-corrected chi connectivity index (χ2v) is 9.90. The fourth-order valence-electron chi connectivity index (χ4n) is 3.20. The highest BCUT2D eigenvalue weighted by molar-refractivity contribution is 7.91. The predicted molar refractivity (Wildman–Crippen MR) is 104 cm³/mol. The summed E-state index contributed by atoms with van der Waals surface area (Å²) in [4.78, 5) is 7.75. The number of primary sulfonamides is 1. The van der Waals surface area contributed by atoms with E-state index in [1.807, 2.05) is 0 Å². The third-order valence-corrected chi connectivity index (χ3v) is 7.17. The summed E-state index contributed by atoms with van der Waals surface area (Å²) < 4.78 is 22.9. The summed E-state index contributed by atoms with van der Waals surface area (Å²) in [6.07, 6.45) is 5.20. The standard InChI is InChI=1S/C17H30N4O2S2/c1-4-19-17(21(3)12-14-7-5-13(2)6-8-14)20-11-15-9-10-16(24-15)25(18,22)23/h9-10,13-14H,4-8,11-12H2,1-3H3,(H,19,20)(H2,18,22,23). The molecule has 6 nitrogen and oxygen atoms in total. The van der Waals surface area contributed by atoms with Crippen molar-refractivity contribution in [3.63, 3.8) is 0 Å². The van der Waals surface area contributed by atoms with Gasteiger partial charge in [-0.1, -0.05) is 19.8 Å². The summed E-state index contributed by atoms with van der Waals surface area (Å²) in [6, 6.07) is 3.32. The molecule has 0 amide bonds. The van der Waals surface area contributed by atoms with Crippen molar-refractivity contribution < 1.29 is 8.42 Å². The predicted octanol–water partition coefficient (Wildman–Crippen LogP) is 2.62. The number of nitrogens with two attached hydrogens (primary N) is 1. The van der Waals surface area contributed by atoms with Crippen LogP contribution in [0.25, 0.3) is 0 Å². The molecule has 0 atom stereocenters. The minimum atomic E-state index is -3.63. The van der Waals surface area contributed by atoms with Crippen LogP contribution in [0.4, 0.5) is 0 Å². The Hall–Kier alpha value is -1.12. The maximum Gasteiger partial charge on any atom is 0.247 e. The first-order valence-corrected chi connectivity index (χ1v) is 11.3. The zero-order valence-electron chi connectivity index (χ0n) is 15.4. The van der Waals surface area contributed by atoms with Crippen LogP contribution in [0.15, 0.2) is 21.3 Å². The highest BCUT2D eigenvalue weighted by atomic mass is 32.2. The Labute approximate surface area is 155 Å². The first-order valence-electron chi connectivity index (χ1n) is 8.90. The number of aliphatic imine (C=N–C) groups is 1. The topological polar surface area (TPSA) is 87.8 Å². The van der Waals surface area contributed by atoms with E-state index in [0.717, 1.165) is 35.8 Å². The zero-order chi connectivity index (χ0) is 18.4. The van der Waals surface area contributed by atoms with Gasteiger partial charge in [0.05, 0.1) is 6.54 Å². The zero-order valence-corrected chi connectivity index (χ0v) is 17.0. The summed E-state index contributed by atoms with van der Waals surface area (Å²) in [7, 11) is -1.55. The molecule has 8 heteroatoms. The Balaban J connectivity index is 1.98. The third kappa shape index (κ3) is 6.27. The first-order chi connectivity index (χ1) is 11.8. The van der Waals surface area contributed by atoms with E-state index < -0.39 is 10.0 Å². The van der Waals surface area contributed by atoms with Gasteiger partial charge in [-0.2, -0.15) is 0 Å². The fourth-order valence-corrected chi connectivity index (χ4v) is 4.91. The van der Waals surface area contributed by atoms with Crippen LogP contribution in [-0.4, -0.2) is 39.4 Å². The van der Waals surface area contributed by atoms with Crippen LogP contribution in [0.1, 0.15) is 44.4 Å². The van der Waals surface area contributed by atoms with E-state index >= 15 is 0 Å². The Morgan fingerprint density at radius 1 is 1.36 bits per heavy atom. The summed E-state index contributed by atoms with van der Waals surface area (Å²) >= 11 is 1.18. The number of guanidine groups is 1. The van der Waals surface area contributed by atoms with E-state index in [9.17, 15) is 8.42 Å². The number of thiophene rings is 1. The number of sulfonamides is 1. The van der Waals surface area contributed by atoms with Crippen molar-refractivity contribution in [1.29, 1.82) is 0 Å². The summed E-state index contributed by atoms with van der Waals surface area (Å²) in [6.45, 7) is 6.65. The van der Waals surface area contributed by atoms with Gasteiger partial charge in [-0.3, -0.25) is 0 Å². The lowest BCUT2D eigenvalue weighted by Gasteiger charge is -2.31. The number of hydrogen-bond acceptors (Lipinski definition) is 4. The lowest BCUT2D eigenvalue weighted by molar-refractivity contribution is 0.250. The van der Waals surface area contributed by atoms with Crippen LogP contribution < -0.4 is 10.5 Å². The van der Waals surface area contributed by atoms with Gasteiger partial charge in [-0.05, 0) is 43.7 Å². The molecule has 0 radical (unpaired) electrons. The molecular weight excluding hydrogens is 356 g/mol.